The van der Waals surface area contributed by atoms with E-state index in [0.717, 1.165) is 18.4 Å². The number of unbranched alkanes of at least 4 members (excludes halogenated alkanes) is 1. The van der Waals surface area contributed by atoms with Crippen molar-refractivity contribution >= 4 is 32.5 Å². The number of ether oxygens (including phenoxy) is 1. The molecule has 0 N–H and O–H groups in total. The average Bonchev–Trinajstić information content (AvgIpc) is 2.64. The van der Waals surface area contributed by atoms with Gasteiger partial charge < -0.3 is 9.30 Å². The van der Waals surface area contributed by atoms with E-state index in [1.165, 1.54) is 0 Å². The standard InChI is InChI=1S/C20H21ClO3.H3OP/c1-3-4-13-24-20(23)18(15-10-6-5-7-11-15)19(22)17-14(2)9-8-12-16(17)21;1-2/h5-12,18H,3-4,13H2,1-2H3;2H3. The van der Waals surface area contributed by atoms with E-state index in [1.54, 1.807) is 36.4 Å². The van der Waals surface area contributed by atoms with Gasteiger partial charge in [-0.3, -0.25) is 9.59 Å². The molecule has 2 aromatic rings. The molecule has 0 amide bonds. The number of aryl methyl sites for hydroxylation is 1. The van der Waals surface area contributed by atoms with E-state index in [9.17, 15) is 9.59 Å². The first kappa shape index (κ1) is 22.1. The Balaban J connectivity index is 0.00000163. The van der Waals surface area contributed by atoms with Gasteiger partial charge in [0.05, 0.1) is 20.7 Å². The second-order valence-electron chi connectivity index (χ2n) is 5.66. The molecule has 0 aliphatic carbocycles. The predicted molar refractivity (Wildman–Crippen MR) is 107 cm³/mol. The lowest BCUT2D eigenvalue weighted by Gasteiger charge is -2.17. The molecular weight excluding hydrogens is 371 g/mol. The molecule has 2 aromatic carbocycles. The summed E-state index contributed by atoms with van der Waals surface area (Å²) in [7, 11) is 0.611. The number of carbonyl (C=O) groups is 2. The van der Waals surface area contributed by atoms with Gasteiger partial charge in [-0.2, -0.15) is 0 Å². The minimum absolute atomic E-state index is 0.313. The maximum absolute atomic E-state index is 13.1. The Labute approximate surface area is 161 Å². The van der Waals surface area contributed by atoms with Gasteiger partial charge >= 0.3 is 5.97 Å². The molecule has 0 aliphatic heterocycles. The van der Waals surface area contributed by atoms with Crippen molar-refractivity contribution in [3.8, 4) is 0 Å². The topological polar surface area (TPSA) is 60.4 Å². The molecule has 4 nitrogen and oxygen atoms in total. The summed E-state index contributed by atoms with van der Waals surface area (Å²) in [5, 5.41) is 0.349. The monoisotopic (exact) mass is 394 g/mol. The van der Waals surface area contributed by atoms with Crippen LogP contribution in [0.1, 0.15) is 47.2 Å². The first-order valence-corrected chi connectivity index (χ1v) is 9.31. The van der Waals surface area contributed by atoms with Crippen LogP contribution < -0.4 is 0 Å². The molecule has 2 atom stereocenters. The summed E-state index contributed by atoms with van der Waals surface area (Å²) in [6, 6.07) is 14.2. The average molecular weight is 395 g/mol. The maximum atomic E-state index is 13.1. The van der Waals surface area contributed by atoms with Crippen molar-refractivity contribution in [3.05, 3.63) is 70.2 Å². The number of hydrogen-bond donors (Lipinski definition) is 0. The summed E-state index contributed by atoms with van der Waals surface area (Å²) in [5.74, 6) is -1.86. The first-order chi connectivity index (χ1) is 12.6. The SMILES string of the molecule is CCCCOC(=O)C(C(=O)c1c(C)cccc1Cl)c1ccccc1.O=[PH3]. The molecule has 2 unspecified atom stereocenters. The third-order valence-corrected chi connectivity index (χ3v) is 4.16. The fourth-order valence-corrected chi connectivity index (χ4v) is 2.84. The smallest absolute Gasteiger partial charge is 0.321 e. The molecule has 0 bridgehead atoms. The molecule has 2 rings (SSSR count). The van der Waals surface area contributed by atoms with Gasteiger partial charge in [0.1, 0.15) is 5.92 Å². The lowest BCUT2D eigenvalue weighted by atomic mass is 9.89. The molecule has 0 saturated heterocycles. The number of hydrogen-bond acceptors (Lipinski definition) is 4. The van der Waals surface area contributed by atoms with Crippen LogP contribution in [0, 0.1) is 6.92 Å². The van der Waals surface area contributed by atoms with Crippen LogP contribution >= 0.6 is 20.7 Å². The van der Waals surface area contributed by atoms with E-state index < -0.39 is 11.9 Å². The molecule has 0 heterocycles. The van der Waals surface area contributed by atoms with Gasteiger partial charge in [-0.05, 0) is 30.5 Å². The number of carbonyl (C=O) groups excluding carboxylic acids is 2. The predicted octanol–water partition coefficient (Wildman–Crippen LogP) is 4.90. The molecule has 140 valence electrons. The minimum Gasteiger partial charge on any atom is -0.465 e. The lowest BCUT2D eigenvalue weighted by Crippen LogP contribution is -2.25. The first-order valence-electron chi connectivity index (χ1n) is 8.36. The van der Waals surface area contributed by atoms with Crippen LogP contribution in [0.3, 0.4) is 0 Å². The zero-order valence-corrected chi connectivity index (χ0v) is 17.2. The zero-order chi connectivity index (χ0) is 19.5. The third-order valence-electron chi connectivity index (χ3n) is 3.84. The Bertz CT molecular complexity index is 714. The van der Waals surface area contributed by atoms with Gasteiger partial charge in [-0.15, -0.1) is 0 Å². The Kier molecular flexibility index (Phi) is 9.93. The highest BCUT2D eigenvalue weighted by Gasteiger charge is 2.32. The number of esters is 1. The summed E-state index contributed by atoms with van der Waals surface area (Å²) >= 11 is 6.21. The maximum Gasteiger partial charge on any atom is 0.321 e. The van der Waals surface area contributed by atoms with Gasteiger partial charge in [0.2, 0.25) is 0 Å². The second kappa shape index (κ2) is 11.7. The third kappa shape index (κ3) is 5.82. The van der Waals surface area contributed by atoms with Crippen molar-refractivity contribution in [2.45, 2.75) is 32.6 Å². The van der Waals surface area contributed by atoms with Crippen molar-refractivity contribution in [2.24, 2.45) is 0 Å². The van der Waals surface area contributed by atoms with Crippen LogP contribution in [0.4, 0.5) is 0 Å². The van der Waals surface area contributed by atoms with Gasteiger partial charge in [-0.1, -0.05) is 67.4 Å². The number of Topliss-reactive ketones (excluding diaryl/α,β-unsaturated/α-hetero) is 1. The van der Waals surface area contributed by atoms with Crippen molar-refractivity contribution in [1.82, 2.24) is 0 Å². The van der Waals surface area contributed by atoms with Gasteiger partial charge in [-0.25, -0.2) is 0 Å². The molecule has 6 heteroatoms. The van der Waals surface area contributed by atoms with Crippen LogP contribution in [0.5, 0.6) is 0 Å². The van der Waals surface area contributed by atoms with Crippen LogP contribution in [0.25, 0.3) is 0 Å². The summed E-state index contributed by atoms with van der Waals surface area (Å²) < 4.78 is 13.6. The van der Waals surface area contributed by atoms with Gasteiger partial charge in [0.25, 0.3) is 0 Å². The molecular formula is C20H24ClO4P. The summed E-state index contributed by atoms with van der Waals surface area (Å²) in [6.07, 6.45) is 1.69. The van der Waals surface area contributed by atoms with E-state index in [4.69, 9.17) is 20.9 Å². The number of benzene rings is 2. The Morgan fingerprint density at radius 3 is 2.31 bits per heavy atom. The van der Waals surface area contributed by atoms with Crippen molar-refractivity contribution in [2.75, 3.05) is 6.61 Å². The van der Waals surface area contributed by atoms with Crippen LogP contribution in [0.15, 0.2) is 48.5 Å². The molecule has 0 aromatic heterocycles. The largest absolute Gasteiger partial charge is 0.465 e. The summed E-state index contributed by atoms with van der Waals surface area (Å²) in [4.78, 5) is 25.6. The Morgan fingerprint density at radius 1 is 1.08 bits per heavy atom. The Hall–Kier alpha value is -1.90. The van der Waals surface area contributed by atoms with Crippen LogP contribution in [-0.2, 0) is 14.1 Å². The van der Waals surface area contributed by atoms with Crippen molar-refractivity contribution in [1.29, 1.82) is 0 Å². The Morgan fingerprint density at radius 2 is 1.73 bits per heavy atom. The molecule has 0 radical (unpaired) electrons. The number of ketones is 1. The zero-order valence-electron chi connectivity index (χ0n) is 15.0. The normalized spacial score (nSPS) is 11.2. The van der Waals surface area contributed by atoms with E-state index in [1.807, 2.05) is 26.0 Å². The lowest BCUT2D eigenvalue weighted by molar-refractivity contribution is -0.144. The second-order valence-corrected chi connectivity index (χ2v) is 6.07. The highest BCUT2D eigenvalue weighted by molar-refractivity contribution is 7.00. The molecule has 0 saturated carbocycles. The highest BCUT2D eigenvalue weighted by Crippen LogP contribution is 2.28. The number of halogens is 1. The van der Waals surface area contributed by atoms with Crippen LogP contribution in [-0.4, -0.2) is 18.4 Å². The fourth-order valence-electron chi connectivity index (χ4n) is 2.53. The van der Waals surface area contributed by atoms with Gasteiger partial charge in [0.15, 0.2) is 5.78 Å². The van der Waals surface area contributed by atoms with E-state index in [2.05, 4.69) is 0 Å². The summed E-state index contributed by atoms with van der Waals surface area (Å²) in [6.45, 7) is 4.14. The molecule has 26 heavy (non-hydrogen) atoms. The molecule has 0 fully saturated rings. The fraction of sp³-hybridized carbons (Fsp3) is 0.300. The summed E-state index contributed by atoms with van der Waals surface area (Å²) in [5.41, 5.74) is 1.73. The van der Waals surface area contributed by atoms with Crippen molar-refractivity contribution < 1.29 is 18.9 Å². The number of rotatable bonds is 7. The molecule has 0 aliphatic rings. The minimum atomic E-state index is -0.998. The van der Waals surface area contributed by atoms with E-state index >= 15 is 0 Å². The highest BCUT2D eigenvalue weighted by atomic mass is 35.5. The van der Waals surface area contributed by atoms with Gasteiger partial charge in [0, 0.05) is 5.56 Å². The van der Waals surface area contributed by atoms with Crippen molar-refractivity contribution in [3.63, 3.8) is 0 Å². The van der Waals surface area contributed by atoms with E-state index in [-0.39, 0.29) is 5.78 Å². The van der Waals surface area contributed by atoms with E-state index in [0.29, 0.717) is 31.9 Å². The van der Waals surface area contributed by atoms with Crippen LogP contribution in [0.2, 0.25) is 5.02 Å². The molecule has 0 spiro atoms. The quantitative estimate of drug-likeness (QED) is 0.220.